The molecule has 0 saturated heterocycles. The molecule has 0 bridgehead atoms. The summed E-state index contributed by atoms with van der Waals surface area (Å²) in [5.74, 6) is 0.367. The van der Waals surface area contributed by atoms with Gasteiger partial charge < -0.3 is 5.32 Å². The minimum Gasteiger partial charge on any atom is -0.316 e. The maximum absolute atomic E-state index is 12.9. The van der Waals surface area contributed by atoms with Crippen LogP contribution >= 0.6 is 0 Å². The molecule has 1 N–H and O–H groups in total. The van der Waals surface area contributed by atoms with E-state index in [0.717, 1.165) is 19.5 Å². The molecule has 1 unspecified atom stereocenters. The Morgan fingerprint density at radius 3 is 2.41 bits per heavy atom. The van der Waals surface area contributed by atoms with Crippen molar-refractivity contribution >= 4 is 0 Å². The van der Waals surface area contributed by atoms with E-state index in [9.17, 15) is 4.39 Å². The molecule has 0 aliphatic rings. The number of rotatable bonds is 8. The molecule has 1 atom stereocenters. The summed E-state index contributed by atoms with van der Waals surface area (Å²) in [4.78, 5) is 0. The van der Waals surface area contributed by atoms with Gasteiger partial charge in [-0.3, -0.25) is 0 Å². The molecule has 1 rings (SSSR count). The van der Waals surface area contributed by atoms with Gasteiger partial charge >= 0.3 is 0 Å². The summed E-state index contributed by atoms with van der Waals surface area (Å²) < 4.78 is 12.9. The molecule has 1 aromatic carbocycles. The lowest BCUT2D eigenvalue weighted by Crippen LogP contribution is -2.22. The van der Waals surface area contributed by atoms with E-state index >= 15 is 0 Å². The van der Waals surface area contributed by atoms with Crippen molar-refractivity contribution in [3.63, 3.8) is 0 Å². The molecule has 17 heavy (non-hydrogen) atoms. The van der Waals surface area contributed by atoms with Crippen molar-refractivity contribution in [2.45, 2.75) is 45.4 Å². The topological polar surface area (TPSA) is 12.0 Å². The van der Waals surface area contributed by atoms with Crippen LogP contribution in [0.3, 0.4) is 0 Å². The minimum atomic E-state index is -0.149. The van der Waals surface area contributed by atoms with Crippen molar-refractivity contribution in [2.75, 3.05) is 13.1 Å². The molecule has 0 aliphatic carbocycles. The molecule has 0 fully saturated rings. The third-order valence-electron chi connectivity index (χ3n) is 3.07. The average Bonchev–Trinajstić information content (AvgIpc) is 2.35. The predicted octanol–water partition coefficient (Wildman–Crippen LogP) is 4.10. The molecule has 2 heteroatoms. The summed E-state index contributed by atoms with van der Waals surface area (Å²) in [6.07, 6.45) is 4.78. The normalized spacial score (nSPS) is 12.6. The van der Waals surface area contributed by atoms with Crippen LogP contribution in [0.4, 0.5) is 4.39 Å². The second kappa shape index (κ2) is 8.24. The van der Waals surface area contributed by atoms with Crippen LogP contribution in [-0.2, 0) is 0 Å². The van der Waals surface area contributed by atoms with Gasteiger partial charge in [-0.05, 0) is 43.0 Å². The zero-order valence-electron chi connectivity index (χ0n) is 11.0. The zero-order valence-corrected chi connectivity index (χ0v) is 11.0. The number of benzene rings is 1. The molecule has 0 radical (unpaired) electrons. The Morgan fingerprint density at radius 1 is 1.12 bits per heavy atom. The molecule has 0 aliphatic heterocycles. The van der Waals surface area contributed by atoms with Gasteiger partial charge in [0.25, 0.3) is 0 Å². The fourth-order valence-corrected chi connectivity index (χ4v) is 2.03. The lowest BCUT2D eigenvalue weighted by atomic mass is 9.93. The zero-order chi connectivity index (χ0) is 12.5. The van der Waals surface area contributed by atoms with Crippen LogP contribution in [-0.4, -0.2) is 13.1 Å². The van der Waals surface area contributed by atoms with Gasteiger partial charge in [0.15, 0.2) is 0 Å². The summed E-state index contributed by atoms with van der Waals surface area (Å²) in [6, 6.07) is 6.97. The Bertz CT molecular complexity index is 294. The highest BCUT2D eigenvalue weighted by atomic mass is 19.1. The molecule has 0 heterocycles. The van der Waals surface area contributed by atoms with Gasteiger partial charge in [0, 0.05) is 6.54 Å². The Labute approximate surface area is 104 Å². The number of halogens is 1. The van der Waals surface area contributed by atoms with Gasteiger partial charge in [-0.2, -0.15) is 0 Å². The molecular formula is C15H24FN. The highest BCUT2D eigenvalue weighted by molar-refractivity contribution is 5.20. The molecule has 0 saturated carbocycles. The molecule has 0 spiro atoms. The Balaban J connectivity index is 2.57. The second-order valence-electron chi connectivity index (χ2n) is 4.59. The smallest absolute Gasteiger partial charge is 0.123 e. The van der Waals surface area contributed by atoms with Crippen LogP contribution in [0, 0.1) is 5.82 Å². The average molecular weight is 237 g/mol. The first-order chi connectivity index (χ1) is 8.27. The predicted molar refractivity (Wildman–Crippen MR) is 71.8 cm³/mol. The van der Waals surface area contributed by atoms with E-state index in [1.807, 2.05) is 12.1 Å². The molecule has 96 valence electrons. The van der Waals surface area contributed by atoms with Crippen molar-refractivity contribution in [1.29, 1.82) is 0 Å². The number of hydrogen-bond acceptors (Lipinski definition) is 1. The van der Waals surface area contributed by atoms with Gasteiger partial charge in [0.05, 0.1) is 0 Å². The first kappa shape index (κ1) is 14.2. The Kier molecular flexibility index (Phi) is 6.87. The molecule has 1 aromatic rings. The van der Waals surface area contributed by atoms with E-state index in [1.165, 1.54) is 24.8 Å². The largest absolute Gasteiger partial charge is 0.316 e. The minimum absolute atomic E-state index is 0.149. The van der Waals surface area contributed by atoms with Crippen molar-refractivity contribution in [3.8, 4) is 0 Å². The van der Waals surface area contributed by atoms with Gasteiger partial charge in [-0.1, -0.05) is 38.8 Å². The van der Waals surface area contributed by atoms with E-state index in [0.29, 0.717) is 5.92 Å². The number of unbranched alkanes of at least 4 members (excludes halogenated alkanes) is 1. The molecule has 0 aromatic heterocycles. The summed E-state index contributed by atoms with van der Waals surface area (Å²) in [5.41, 5.74) is 1.25. The summed E-state index contributed by atoms with van der Waals surface area (Å²) in [7, 11) is 0. The third kappa shape index (κ3) is 5.31. The van der Waals surface area contributed by atoms with E-state index in [4.69, 9.17) is 0 Å². The number of nitrogens with one attached hydrogen (secondary N) is 1. The molecule has 1 nitrogen and oxygen atoms in total. The first-order valence-electron chi connectivity index (χ1n) is 6.74. The second-order valence-corrected chi connectivity index (χ2v) is 4.59. The van der Waals surface area contributed by atoms with Crippen molar-refractivity contribution in [3.05, 3.63) is 35.6 Å². The van der Waals surface area contributed by atoms with Crippen molar-refractivity contribution in [2.24, 2.45) is 0 Å². The van der Waals surface area contributed by atoms with Crippen LogP contribution in [0.1, 0.15) is 51.0 Å². The van der Waals surface area contributed by atoms with Crippen LogP contribution in [0.2, 0.25) is 0 Å². The van der Waals surface area contributed by atoms with E-state index in [1.54, 1.807) is 12.1 Å². The monoisotopic (exact) mass is 237 g/mol. The lowest BCUT2D eigenvalue weighted by molar-refractivity contribution is 0.527. The summed E-state index contributed by atoms with van der Waals surface area (Å²) in [5, 5.41) is 3.46. The van der Waals surface area contributed by atoms with Crippen LogP contribution in [0.15, 0.2) is 24.3 Å². The maximum Gasteiger partial charge on any atom is 0.123 e. The number of hydrogen-bond donors (Lipinski definition) is 1. The van der Waals surface area contributed by atoms with Crippen LogP contribution < -0.4 is 5.32 Å². The SMILES string of the molecule is CCCCC(CNCCC)c1ccc(F)cc1. The van der Waals surface area contributed by atoms with Crippen molar-refractivity contribution in [1.82, 2.24) is 5.32 Å². The van der Waals surface area contributed by atoms with Gasteiger partial charge in [-0.15, -0.1) is 0 Å². The first-order valence-corrected chi connectivity index (χ1v) is 6.74. The van der Waals surface area contributed by atoms with Gasteiger partial charge in [0.1, 0.15) is 5.82 Å². The van der Waals surface area contributed by atoms with E-state index < -0.39 is 0 Å². The maximum atomic E-state index is 12.9. The summed E-state index contributed by atoms with van der Waals surface area (Å²) >= 11 is 0. The fourth-order valence-electron chi connectivity index (χ4n) is 2.03. The summed E-state index contributed by atoms with van der Waals surface area (Å²) in [6.45, 7) is 6.44. The standard InChI is InChI=1S/C15H24FN/c1-3-5-6-14(12-17-11-4-2)13-7-9-15(16)10-8-13/h7-10,14,17H,3-6,11-12H2,1-2H3. The highest BCUT2D eigenvalue weighted by Crippen LogP contribution is 2.21. The van der Waals surface area contributed by atoms with Crippen molar-refractivity contribution < 1.29 is 4.39 Å². The third-order valence-corrected chi connectivity index (χ3v) is 3.07. The van der Waals surface area contributed by atoms with Gasteiger partial charge in [-0.25, -0.2) is 4.39 Å². The molecular weight excluding hydrogens is 213 g/mol. The quantitative estimate of drug-likeness (QED) is 0.671. The van der Waals surface area contributed by atoms with Crippen LogP contribution in [0.25, 0.3) is 0 Å². The highest BCUT2D eigenvalue weighted by Gasteiger charge is 2.10. The van der Waals surface area contributed by atoms with Crippen LogP contribution in [0.5, 0.6) is 0 Å². The van der Waals surface area contributed by atoms with E-state index in [-0.39, 0.29) is 5.82 Å². The molecule has 0 amide bonds. The fraction of sp³-hybridized carbons (Fsp3) is 0.600. The van der Waals surface area contributed by atoms with E-state index in [2.05, 4.69) is 19.2 Å². The lowest BCUT2D eigenvalue weighted by Gasteiger charge is -2.17. The van der Waals surface area contributed by atoms with Gasteiger partial charge in [0.2, 0.25) is 0 Å². The Hall–Kier alpha value is -0.890. The Morgan fingerprint density at radius 2 is 1.82 bits per heavy atom.